The molecule has 1 aromatic heterocycles. The average molecular weight is 563 g/mol. The first kappa shape index (κ1) is 26.2. The van der Waals surface area contributed by atoms with E-state index in [4.69, 9.17) is 38.9 Å². The van der Waals surface area contributed by atoms with Crippen LogP contribution in [0.3, 0.4) is 0 Å². The molecule has 0 bridgehead atoms. The highest BCUT2D eigenvalue weighted by Crippen LogP contribution is 2.51. The van der Waals surface area contributed by atoms with Crippen LogP contribution in [0.1, 0.15) is 41.4 Å². The summed E-state index contributed by atoms with van der Waals surface area (Å²) in [7, 11) is -3.36. The van der Waals surface area contributed by atoms with Gasteiger partial charge < -0.3 is 15.7 Å². The molecule has 0 saturated carbocycles. The Hall–Kier alpha value is -2.43. The number of rotatable bonds is 5. The predicted molar refractivity (Wildman–Crippen MR) is 148 cm³/mol. The minimum absolute atomic E-state index is 0.112. The van der Waals surface area contributed by atoms with Gasteiger partial charge in [-0.15, -0.1) is 0 Å². The summed E-state index contributed by atoms with van der Waals surface area (Å²) in [5.41, 5.74) is 11.8. The number of nitrogens with two attached hydrogens (primary N) is 1. The van der Waals surface area contributed by atoms with Crippen LogP contribution in [0.25, 0.3) is 11.3 Å². The van der Waals surface area contributed by atoms with Crippen molar-refractivity contribution in [3.8, 4) is 11.3 Å². The zero-order valence-electron chi connectivity index (χ0n) is 20.6. The summed E-state index contributed by atoms with van der Waals surface area (Å²) in [6.45, 7) is 3.06. The molecule has 1 saturated heterocycles. The van der Waals surface area contributed by atoms with Crippen LogP contribution in [-0.2, 0) is 23.1 Å². The molecule has 37 heavy (non-hydrogen) atoms. The molecule has 2 aliphatic rings. The van der Waals surface area contributed by atoms with E-state index in [0.717, 1.165) is 36.6 Å². The number of halogens is 2. The molecule has 2 heterocycles. The van der Waals surface area contributed by atoms with Gasteiger partial charge in [-0.05, 0) is 60.9 Å². The van der Waals surface area contributed by atoms with Gasteiger partial charge in [0.1, 0.15) is 5.69 Å². The second-order valence-electron chi connectivity index (χ2n) is 9.98. The maximum atomic E-state index is 11.7. The lowest BCUT2D eigenvalue weighted by molar-refractivity contribution is 0.186. The van der Waals surface area contributed by atoms with Crippen LogP contribution in [0.15, 0.2) is 36.4 Å². The largest absolute Gasteiger partial charge is 0.390 e. The quantitative estimate of drug-likeness (QED) is 0.420. The summed E-state index contributed by atoms with van der Waals surface area (Å²) in [6.07, 6.45) is 3.66. The number of hydrogen-bond donors (Lipinski definition) is 3. The van der Waals surface area contributed by atoms with E-state index >= 15 is 0 Å². The Morgan fingerprint density at radius 1 is 1.19 bits per heavy atom. The highest BCUT2D eigenvalue weighted by molar-refractivity contribution is 7.92. The molecule has 5 rings (SSSR count). The topological polar surface area (TPSA) is 121 Å². The fraction of sp³-hybridized carbons (Fsp3) is 0.385. The van der Waals surface area contributed by atoms with Crippen molar-refractivity contribution in [3.63, 3.8) is 0 Å². The van der Waals surface area contributed by atoms with Crippen LogP contribution in [0, 0.1) is 12.3 Å². The van der Waals surface area contributed by atoms with Crippen LogP contribution in [0.4, 0.5) is 11.5 Å². The van der Waals surface area contributed by atoms with Crippen LogP contribution >= 0.6 is 23.2 Å². The van der Waals surface area contributed by atoms with Gasteiger partial charge in [0.25, 0.3) is 0 Å². The first-order valence-corrected chi connectivity index (χ1v) is 14.7. The van der Waals surface area contributed by atoms with E-state index in [0.29, 0.717) is 57.3 Å². The van der Waals surface area contributed by atoms with E-state index in [2.05, 4.69) is 9.62 Å². The van der Waals surface area contributed by atoms with Crippen molar-refractivity contribution in [2.24, 2.45) is 11.1 Å². The zero-order chi connectivity index (χ0) is 26.5. The normalized spacial score (nSPS) is 18.8. The van der Waals surface area contributed by atoms with Crippen LogP contribution in [-0.4, -0.2) is 42.8 Å². The number of fused-ring (bicyclic) bond motifs is 1. The van der Waals surface area contributed by atoms with E-state index in [1.165, 1.54) is 0 Å². The molecule has 1 spiro atoms. The van der Waals surface area contributed by atoms with Gasteiger partial charge in [-0.2, -0.15) is 0 Å². The van der Waals surface area contributed by atoms with Crippen LogP contribution in [0.2, 0.25) is 10.0 Å². The van der Waals surface area contributed by atoms with Crippen molar-refractivity contribution >= 4 is 44.7 Å². The molecule has 2 aromatic carbocycles. The molecule has 1 aliphatic heterocycles. The number of piperidine rings is 1. The number of aryl methyl sites for hydroxylation is 1. The van der Waals surface area contributed by atoms with E-state index in [1.807, 2.05) is 31.2 Å². The minimum atomic E-state index is -3.36. The molecular weight excluding hydrogens is 533 g/mol. The number of hydrogen-bond acceptors (Lipinski definition) is 7. The lowest BCUT2D eigenvalue weighted by Gasteiger charge is -2.43. The summed E-state index contributed by atoms with van der Waals surface area (Å²) in [6, 6.07) is 10.8. The first-order valence-electron chi connectivity index (χ1n) is 12.1. The highest BCUT2D eigenvalue weighted by atomic mass is 35.5. The molecule has 0 amide bonds. The molecule has 8 nitrogen and oxygen atoms in total. The Morgan fingerprint density at radius 3 is 2.59 bits per heavy atom. The first-order chi connectivity index (χ1) is 17.5. The highest BCUT2D eigenvalue weighted by Gasteiger charge is 2.46. The SMILES string of the molecule is Cc1nc(N2CCC3(CC2)Cc2ccc(NS(C)(=O)=O)cc2C3N)c(CO)nc1-c1cccc(Cl)c1Cl. The smallest absolute Gasteiger partial charge is 0.229 e. The second-order valence-corrected chi connectivity index (χ2v) is 12.5. The third-order valence-electron chi connectivity index (χ3n) is 7.52. The van der Waals surface area contributed by atoms with Gasteiger partial charge in [-0.3, -0.25) is 4.72 Å². The van der Waals surface area contributed by atoms with Gasteiger partial charge in [0.05, 0.1) is 34.3 Å². The molecule has 11 heteroatoms. The van der Waals surface area contributed by atoms with Gasteiger partial charge in [0.15, 0.2) is 5.82 Å². The van der Waals surface area contributed by atoms with Crippen LogP contribution < -0.4 is 15.4 Å². The molecule has 1 atom stereocenters. The summed E-state index contributed by atoms with van der Waals surface area (Å²) >= 11 is 12.6. The molecule has 3 aromatic rings. The van der Waals surface area contributed by atoms with Gasteiger partial charge in [0, 0.05) is 30.4 Å². The van der Waals surface area contributed by atoms with E-state index < -0.39 is 10.0 Å². The molecule has 0 radical (unpaired) electrons. The second kappa shape index (κ2) is 9.71. The number of aliphatic hydroxyl groups excluding tert-OH is 1. The number of anilines is 2. The number of aromatic nitrogens is 2. The Labute approximate surface area is 226 Å². The molecular formula is C26H29Cl2N5O3S. The third kappa shape index (κ3) is 4.91. The summed E-state index contributed by atoms with van der Waals surface area (Å²) in [5.74, 6) is 0.667. The minimum Gasteiger partial charge on any atom is -0.390 e. The Morgan fingerprint density at radius 2 is 1.92 bits per heavy atom. The van der Waals surface area contributed by atoms with Crippen LogP contribution in [0.5, 0.6) is 0 Å². The molecule has 4 N–H and O–H groups in total. The van der Waals surface area contributed by atoms with Crippen molar-refractivity contribution in [1.29, 1.82) is 0 Å². The molecule has 1 unspecified atom stereocenters. The summed E-state index contributed by atoms with van der Waals surface area (Å²) in [4.78, 5) is 11.7. The Kier molecular flexibility index (Phi) is 6.87. The van der Waals surface area contributed by atoms with Crippen molar-refractivity contribution in [2.75, 3.05) is 29.0 Å². The lowest BCUT2D eigenvalue weighted by atomic mass is 9.73. The van der Waals surface area contributed by atoms with Crippen molar-refractivity contribution in [2.45, 2.75) is 38.8 Å². The van der Waals surface area contributed by atoms with E-state index in [9.17, 15) is 13.5 Å². The van der Waals surface area contributed by atoms with Crippen molar-refractivity contribution in [1.82, 2.24) is 9.97 Å². The fourth-order valence-electron chi connectivity index (χ4n) is 5.64. The average Bonchev–Trinajstić information content (AvgIpc) is 3.11. The number of sulfonamides is 1. The van der Waals surface area contributed by atoms with E-state index in [1.54, 1.807) is 12.1 Å². The standard InChI is InChI=1S/C26H29Cl2N5O3S/c1-15-23(18-4-3-5-20(27)22(18)28)31-21(14-34)25(30-15)33-10-8-26(9-11-33)13-16-6-7-17(32-37(2,35)36)12-19(16)24(26)29/h3-7,12,24,32,34H,8-11,13-14,29H2,1-2H3. The molecule has 196 valence electrons. The third-order valence-corrected chi connectivity index (χ3v) is 8.95. The fourth-order valence-corrected chi connectivity index (χ4v) is 6.58. The van der Waals surface area contributed by atoms with Gasteiger partial charge >= 0.3 is 0 Å². The summed E-state index contributed by atoms with van der Waals surface area (Å²) < 4.78 is 25.9. The van der Waals surface area contributed by atoms with Gasteiger partial charge in [0.2, 0.25) is 10.0 Å². The van der Waals surface area contributed by atoms with Gasteiger partial charge in [-0.25, -0.2) is 18.4 Å². The molecule has 1 fully saturated rings. The zero-order valence-corrected chi connectivity index (χ0v) is 23.0. The van der Waals surface area contributed by atoms with Gasteiger partial charge in [-0.1, -0.05) is 41.4 Å². The maximum Gasteiger partial charge on any atom is 0.229 e. The summed E-state index contributed by atoms with van der Waals surface area (Å²) in [5, 5.41) is 11.0. The van der Waals surface area contributed by atoms with Crippen molar-refractivity contribution < 1.29 is 13.5 Å². The Bertz CT molecular complexity index is 1470. The Balaban J connectivity index is 1.38. The lowest BCUT2D eigenvalue weighted by Crippen LogP contribution is -2.45. The monoisotopic (exact) mass is 561 g/mol. The van der Waals surface area contributed by atoms with E-state index in [-0.39, 0.29) is 18.1 Å². The number of nitrogens with zero attached hydrogens (tertiary/aromatic N) is 3. The predicted octanol–water partition coefficient (Wildman–Crippen LogP) is 4.47. The molecule has 1 aliphatic carbocycles. The number of benzene rings is 2. The van der Waals surface area contributed by atoms with Crippen molar-refractivity contribution in [3.05, 3.63) is 69.0 Å². The maximum absolute atomic E-state index is 11.7. The number of nitrogens with one attached hydrogen (secondary N) is 1. The number of aliphatic hydroxyl groups is 1.